The van der Waals surface area contributed by atoms with Crippen LogP contribution in [0.1, 0.15) is 36.2 Å². The Labute approximate surface area is 89.3 Å². The molecule has 0 aliphatic heterocycles. The van der Waals surface area contributed by atoms with Crippen LogP contribution >= 0.6 is 0 Å². The van der Waals surface area contributed by atoms with E-state index in [4.69, 9.17) is 5.73 Å². The first-order valence-corrected chi connectivity index (χ1v) is 4.89. The van der Waals surface area contributed by atoms with Gasteiger partial charge in [-0.15, -0.1) is 0 Å². The summed E-state index contributed by atoms with van der Waals surface area (Å²) >= 11 is 0. The number of ketones is 2. The monoisotopic (exact) mass is 205 g/mol. The van der Waals surface area contributed by atoms with Crippen LogP contribution in [0.3, 0.4) is 0 Å². The molecule has 80 valence electrons. The van der Waals surface area contributed by atoms with Gasteiger partial charge in [0, 0.05) is 17.7 Å². The van der Waals surface area contributed by atoms with Gasteiger partial charge in [0.05, 0.1) is 0 Å². The third-order valence-corrected chi connectivity index (χ3v) is 2.26. The number of Topliss-reactive ketones (excluding diaryl/α,β-unsaturated/α-hetero) is 2. The first-order valence-electron chi connectivity index (χ1n) is 4.89. The van der Waals surface area contributed by atoms with Crippen LogP contribution in [0.25, 0.3) is 0 Å². The maximum Gasteiger partial charge on any atom is 0.161 e. The third kappa shape index (κ3) is 3.20. The van der Waals surface area contributed by atoms with Crippen LogP contribution in [0.15, 0.2) is 18.2 Å². The number of nitrogen functional groups attached to an aromatic ring is 1. The second-order valence-corrected chi connectivity index (χ2v) is 3.68. The van der Waals surface area contributed by atoms with Gasteiger partial charge >= 0.3 is 0 Å². The molecule has 0 saturated heterocycles. The largest absolute Gasteiger partial charge is 0.398 e. The van der Waals surface area contributed by atoms with E-state index in [1.54, 1.807) is 19.1 Å². The van der Waals surface area contributed by atoms with Gasteiger partial charge in [0.15, 0.2) is 5.78 Å². The molecule has 0 atom stereocenters. The van der Waals surface area contributed by atoms with Crippen LogP contribution < -0.4 is 5.73 Å². The fourth-order valence-corrected chi connectivity index (χ4v) is 1.41. The summed E-state index contributed by atoms with van der Waals surface area (Å²) in [7, 11) is 0. The summed E-state index contributed by atoms with van der Waals surface area (Å²) in [5, 5.41) is 0. The van der Waals surface area contributed by atoms with E-state index in [1.807, 2.05) is 6.07 Å². The normalized spacial score (nSPS) is 10.0. The predicted molar refractivity (Wildman–Crippen MR) is 59.9 cm³/mol. The van der Waals surface area contributed by atoms with E-state index in [0.717, 1.165) is 5.56 Å². The first-order chi connectivity index (χ1) is 7.00. The number of rotatable bonds is 4. The zero-order chi connectivity index (χ0) is 11.4. The summed E-state index contributed by atoms with van der Waals surface area (Å²) in [6, 6.07) is 5.32. The summed E-state index contributed by atoms with van der Waals surface area (Å²) < 4.78 is 0. The van der Waals surface area contributed by atoms with Crippen molar-refractivity contribution in [2.75, 3.05) is 5.73 Å². The number of aryl methyl sites for hydroxylation is 1. The van der Waals surface area contributed by atoms with E-state index in [0.29, 0.717) is 24.1 Å². The Morgan fingerprint density at radius 3 is 2.40 bits per heavy atom. The Kier molecular flexibility index (Phi) is 3.61. The minimum atomic E-state index is -0.0365. The van der Waals surface area contributed by atoms with Crippen molar-refractivity contribution in [3.05, 3.63) is 29.3 Å². The van der Waals surface area contributed by atoms with E-state index in [1.165, 1.54) is 6.92 Å². The molecule has 1 aromatic rings. The van der Waals surface area contributed by atoms with Crippen molar-refractivity contribution < 1.29 is 9.59 Å². The Balaban J connectivity index is 2.82. The minimum absolute atomic E-state index is 0.0365. The fraction of sp³-hybridized carbons (Fsp3) is 0.333. The van der Waals surface area contributed by atoms with Crippen LogP contribution in [0, 0.1) is 0 Å². The minimum Gasteiger partial charge on any atom is -0.398 e. The highest BCUT2D eigenvalue weighted by Gasteiger charge is 2.05. The van der Waals surface area contributed by atoms with E-state index in [2.05, 4.69) is 0 Å². The molecule has 0 aromatic heterocycles. The fourth-order valence-electron chi connectivity index (χ4n) is 1.41. The molecule has 0 spiro atoms. The third-order valence-electron chi connectivity index (χ3n) is 2.26. The maximum absolute atomic E-state index is 11.1. The molecule has 1 rings (SSSR count). The average molecular weight is 205 g/mol. The zero-order valence-electron chi connectivity index (χ0n) is 9.04. The van der Waals surface area contributed by atoms with Gasteiger partial charge in [-0.1, -0.05) is 6.07 Å². The van der Waals surface area contributed by atoms with Gasteiger partial charge in [-0.2, -0.15) is 0 Å². The number of carbonyl (C=O) groups is 2. The molecule has 0 radical (unpaired) electrons. The molecule has 15 heavy (non-hydrogen) atoms. The van der Waals surface area contributed by atoms with Crippen LogP contribution in [0.4, 0.5) is 5.69 Å². The Morgan fingerprint density at radius 1 is 1.27 bits per heavy atom. The summed E-state index contributed by atoms with van der Waals surface area (Å²) in [6.45, 7) is 3.05. The molecule has 0 heterocycles. The number of hydrogen-bond donors (Lipinski definition) is 1. The second-order valence-electron chi connectivity index (χ2n) is 3.68. The van der Waals surface area contributed by atoms with Crippen molar-refractivity contribution >= 4 is 17.3 Å². The summed E-state index contributed by atoms with van der Waals surface area (Å²) in [4.78, 5) is 21.9. The lowest BCUT2D eigenvalue weighted by molar-refractivity contribution is -0.116. The Morgan fingerprint density at radius 2 is 1.93 bits per heavy atom. The lowest BCUT2D eigenvalue weighted by atomic mass is 10.0. The van der Waals surface area contributed by atoms with Crippen molar-refractivity contribution in [3.8, 4) is 0 Å². The molecule has 0 fully saturated rings. The van der Waals surface area contributed by atoms with E-state index in [9.17, 15) is 9.59 Å². The maximum atomic E-state index is 11.1. The Hall–Kier alpha value is -1.64. The number of carbonyl (C=O) groups excluding carboxylic acids is 2. The predicted octanol–water partition coefficient (Wildman–Crippen LogP) is 1.99. The summed E-state index contributed by atoms with van der Waals surface area (Å²) in [6.07, 6.45) is 1.19. The number of hydrogen-bond acceptors (Lipinski definition) is 3. The highest BCUT2D eigenvalue weighted by Crippen LogP contribution is 2.16. The molecule has 1 aromatic carbocycles. The van der Waals surface area contributed by atoms with Crippen molar-refractivity contribution in [2.24, 2.45) is 0 Å². The average Bonchev–Trinajstić information content (AvgIpc) is 2.14. The second kappa shape index (κ2) is 4.73. The van der Waals surface area contributed by atoms with Gasteiger partial charge in [0.2, 0.25) is 0 Å². The van der Waals surface area contributed by atoms with E-state index >= 15 is 0 Å². The SMILES string of the molecule is CC(=O)CCc1ccc(C(C)=O)c(N)c1. The Bertz CT molecular complexity index is 397. The molecule has 0 amide bonds. The molecule has 2 N–H and O–H groups in total. The first kappa shape index (κ1) is 11.4. The van der Waals surface area contributed by atoms with E-state index in [-0.39, 0.29) is 11.6 Å². The molecule has 0 bridgehead atoms. The molecule has 3 nitrogen and oxygen atoms in total. The molecule has 0 saturated carbocycles. The van der Waals surface area contributed by atoms with Gasteiger partial charge in [0.1, 0.15) is 5.78 Å². The zero-order valence-corrected chi connectivity index (χ0v) is 9.04. The van der Waals surface area contributed by atoms with Crippen molar-refractivity contribution in [3.63, 3.8) is 0 Å². The van der Waals surface area contributed by atoms with Crippen LogP contribution in [-0.4, -0.2) is 11.6 Å². The standard InChI is InChI=1S/C12H15NO2/c1-8(14)3-4-10-5-6-11(9(2)15)12(13)7-10/h5-7H,3-4,13H2,1-2H3. The van der Waals surface area contributed by atoms with Gasteiger partial charge in [-0.05, 0) is 38.0 Å². The summed E-state index contributed by atoms with van der Waals surface area (Å²) in [5.74, 6) is 0.120. The van der Waals surface area contributed by atoms with Crippen molar-refractivity contribution in [1.82, 2.24) is 0 Å². The van der Waals surface area contributed by atoms with Gasteiger partial charge in [-0.3, -0.25) is 4.79 Å². The van der Waals surface area contributed by atoms with E-state index < -0.39 is 0 Å². The van der Waals surface area contributed by atoms with Gasteiger partial charge in [-0.25, -0.2) is 0 Å². The number of anilines is 1. The summed E-state index contributed by atoms with van der Waals surface area (Å²) in [5.41, 5.74) is 7.75. The smallest absolute Gasteiger partial charge is 0.161 e. The van der Waals surface area contributed by atoms with Crippen LogP contribution in [0.5, 0.6) is 0 Å². The van der Waals surface area contributed by atoms with Gasteiger partial charge < -0.3 is 10.5 Å². The topological polar surface area (TPSA) is 60.2 Å². The molecular weight excluding hydrogens is 190 g/mol. The van der Waals surface area contributed by atoms with Crippen molar-refractivity contribution in [1.29, 1.82) is 0 Å². The van der Waals surface area contributed by atoms with Crippen LogP contribution in [0.2, 0.25) is 0 Å². The highest BCUT2D eigenvalue weighted by molar-refractivity contribution is 5.99. The molecular formula is C12H15NO2. The van der Waals surface area contributed by atoms with Crippen molar-refractivity contribution in [2.45, 2.75) is 26.7 Å². The molecule has 0 aliphatic carbocycles. The quantitative estimate of drug-likeness (QED) is 0.604. The lowest BCUT2D eigenvalue weighted by Crippen LogP contribution is -2.01. The number of nitrogens with two attached hydrogens (primary N) is 1. The molecule has 0 aliphatic rings. The molecule has 3 heteroatoms. The molecule has 0 unspecified atom stereocenters. The number of benzene rings is 1. The van der Waals surface area contributed by atoms with Crippen LogP contribution in [-0.2, 0) is 11.2 Å². The van der Waals surface area contributed by atoms with Gasteiger partial charge in [0.25, 0.3) is 0 Å². The highest BCUT2D eigenvalue weighted by atomic mass is 16.1. The lowest BCUT2D eigenvalue weighted by Gasteiger charge is -2.05.